The Kier molecular flexibility index (Phi) is 3.99. The van der Waals surface area contributed by atoms with E-state index in [0.29, 0.717) is 12.4 Å². The van der Waals surface area contributed by atoms with Gasteiger partial charge in [-0.2, -0.15) is 0 Å². The Bertz CT molecular complexity index is 499. The minimum absolute atomic E-state index is 0.158. The van der Waals surface area contributed by atoms with Crippen LogP contribution in [0.1, 0.15) is 23.6 Å². The van der Waals surface area contributed by atoms with Crippen LogP contribution in [-0.2, 0) is 25.0 Å². The maximum Gasteiger partial charge on any atom is 0.297 e. The van der Waals surface area contributed by atoms with Gasteiger partial charge in [0.25, 0.3) is 6.43 Å². The van der Waals surface area contributed by atoms with Gasteiger partial charge in [-0.3, -0.25) is 0 Å². The summed E-state index contributed by atoms with van der Waals surface area (Å²) in [7, 11) is 1.50. The van der Waals surface area contributed by atoms with Crippen LogP contribution in [0.25, 0.3) is 0 Å². The maximum absolute atomic E-state index is 12.5. The van der Waals surface area contributed by atoms with Gasteiger partial charge in [0.05, 0.1) is 6.61 Å². The van der Waals surface area contributed by atoms with Crippen molar-refractivity contribution < 1.29 is 13.5 Å². The topological polar surface area (TPSA) is 39.9 Å². The van der Waals surface area contributed by atoms with Crippen molar-refractivity contribution in [2.45, 2.75) is 19.6 Å². The van der Waals surface area contributed by atoms with Gasteiger partial charge in [-0.1, -0.05) is 30.3 Å². The van der Waals surface area contributed by atoms with Crippen molar-refractivity contribution in [2.24, 2.45) is 7.05 Å². The quantitative estimate of drug-likeness (QED) is 0.821. The predicted octanol–water partition coefficient (Wildman–Crippen LogP) is 2.47. The summed E-state index contributed by atoms with van der Waals surface area (Å²) in [5.41, 5.74) is 1.02. The fourth-order valence-corrected chi connectivity index (χ4v) is 1.53. The van der Waals surface area contributed by atoms with Crippen molar-refractivity contribution in [3.8, 4) is 0 Å². The summed E-state index contributed by atoms with van der Waals surface area (Å²) in [6.07, 6.45) is -2.62. The van der Waals surface area contributed by atoms with Crippen LogP contribution in [0.3, 0.4) is 0 Å². The predicted molar refractivity (Wildman–Crippen MR) is 60.9 cm³/mol. The second kappa shape index (κ2) is 5.68. The highest BCUT2D eigenvalue weighted by molar-refractivity contribution is 5.13. The summed E-state index contributed by atoms with van der Waals surface area (Å²) in [6, 6.07) is 9.61. The van der Waals surface area contributed by atoms with Crippen LogP contribution >= 0.6 is 0 Å². The average Bonchev–Trinajstić information content (AvgIpc) is 2.73. The number of alkyl halides is 2. The van der Waals surface area contributed by atoms with Gasteiger partial charge in [-0.15, -0.1) is 10.2 Å². The average molecular weight is 253 g/mol. The molecule has 0 saturated carbocycles. The lowest BCUT2D eigenvalue weighted by molar-refractivity contribution is 0.0981. The summed E-state index contributed by atoms with van der Waals surface area (Å²) >= 11 is 0. The SMILES string of the molecule is Cn1c(COCc2ccccc2)nnc1C(F)F. The number of hydrogen-bond acceptors (Lipinski definition) is 3. The molecule has 0 radical (unpaired) electrons. The molecule has 2 aromatic rings. The Hall–Kier alpha value is -1.82. The third-order valence-electron chi connectivity index (χ3n) is 2.54. The zero-order valence-corrected chi connectivity index (χ0v) is 9.88. The Morgan fingerprint density at radius 3 is 2.50 bits per heavy atom. The molecule has 0 fully saturated rings. The van der Waals surface area contributed by atoms with E-state index in [0.717, 1.165) is 5.56 Å². The molecule has 1 heterocycles. The Morgan fingerprint density at radius 2 is 1.89 bits per heavy atom. The highest BCUT2D eigenvalue weighted by atomic mass is 19.3. The molecule has 6 heteroatoms. The number of aromatic nitrogens is 3. The monoisotopic (exact) mass is 253 g/mol. The molecule has 0 bridgehead atoms. The molecule has 4 nitrogen and oxygen atoms in total. The number of halogens is 2. The van der Waals surface area contributed by atoms with E-state index >= 15 is 0 Å². The molecule has 0 saturated heterocycles. The molecule has 0 atom stereocenters. The number of ether oxygens (including phenoxy) is 1. The van der Waals surface area contributed by atoms with E-state index in [1.165, 1.54) is 11.6 Å². The summed E-state index contributed by atoms with van der Waals surface area (Å²) < 4.78 is 31.6. The molecule has 1 aromatic heterocycles. The largest absolute Gasteiger partial charge is 0.369 e. The van der Waals surface area contributed by atoms with Crippen molar-refractivity contribution >= 4 is 0 Å². The first kappa shape index (κ1) is 12.6. The molecule has 0 amide bonds. The van der Waals surface area contributed by atoms with Gasteiger partial charge in [0, 0.05) is 7.05 Å². The molecule has 0 aliphatic rings. The van der Waals surface area contributed by atoms with Crippen molar-refractivity contribution in [1.82, 2.24) is 14.8 Å². The summed E-state index contributed by atoms with van der Waals surface area (Å²) in [6.45, 7) is 0.572. The zero-order valence-electron chi connectivity index (χ0n) is 9.88. The molecule has 96 valence electrons. The number of rotatable bonds is 5. The molecule has 0 unspecified atom stereocenters. The van der Waals surface area contributed by atoms with Crippen LogP contribution in [0.4, 0.5) is 8.78 Å². The van der Waals surface area contributed by atoms with Crippen molar-refractivity contribution in [1.29, 1.82) is 0 Å². The molecule has 18 heavy (non-hydrogen) atoms. The normalized spacial score (nSPS) is 11.1. The van der Waals surface area contributed by atoms with Gasteiger partial charge < -0.3 is 9.30 Å². The Labute approximate surface area is 103 Å². The molecule has 0 aliphatic heterocycles. The highest BCUT2D eigenvalue weighted by Crippen LogP contribution is 2.16. The number of hydrogen-bond donors (Lipinski definition) is 0. The molecule has 0 aliphatic carbocycles. The molecule has 1 aromatic carbocycles. The Balaban J connectivity index is 1.91. The third kappa shape index (κ3) is 2.89. The maximum atomic E-state index is 12.5. The van der Waals surface area contributed by atoms with Crippen LogP contribution in [0, 0.1) is 0 Å². The summed E-state index contributed by atoms with van der Waals surface area (Å²) in [4.78, 5) is 0. The first-order valence-corrected chi connectivity index (χ1v) is 5.46. The first-order chi connectivity index (χ1) is 8.68. The van der Waals surface area contributed by atoms with E-state index in [4.69, 9.17) is 4.74 Å². The van der Waals surface area contributed by atoms with Gasteiger partial charge in [0.15, 0.2) is 11.6 Å². The lowest BCUT2D eigenvalue weighted by Crippen LogP contribution is -2.04. The third-order valence-corrected chi connectivity index (χ3v) is 2.54. The summed E-state index contributed by atoms with van der Waals surface area (Å²) in [5, 5.41) is 7.10. The molecule has 0 N–H and O–H groups in total. The van der Waals surface area contributed by atoms with Gasteiger partial charge >= 0.3 is 0 Å². The van der Waals surface area contributed by atoms with Gasteiger partial charge in [0.1, 0.15) is 6.61 Å². The van der Waals surface area contributed by atoms with E-state index in [2.05, 4.69) is 10.2 Å². The van der Waals surface area contributed by atoms with Gasteiger partial charge in [-0.25, -0.2) is 8.78 Å². The van der Waals surface area contributed by atoms with Gasteiger partial charge in [-0.05, 0) is 5.56 Å². The van der Waals surface area contributed by atoms with Crippen LogP contribution in [0.2, 0.25) is 0 Å². The second-order valence-electron chi connectivity index (χ2n) is 3.81. The van der Waals surface area contributed by atoms with Crippen LogP contribution in [0.5, 0.6) is 0 Å². The van der Waals surface area contributed by atoms with Crippen LogP contribution in [0.15, 0.2) is 30.3 Å². The van der Waals surface area contributed by atoms with Crippen molar-refractivity contribution in [3.63, 3.8) is 0 Å². The van der Waals surface area contributed by atoms with E-state index in [-0.39, 0.29) is 12.4 Å². The Morgan fingerprint density at radius 1 is 1.17 bits per heavy atom. The van der Waals surface area contributed by atoms with Crippen LogP contribution < -0.4 is 0 Å². The fraction of sp³-hybridized carbons (Fsp3) is 0.333. The fourth-order valence-electron chi connectivity index (χ4n) is 1.53. The smallest absolute Gasteiger partial charge is 0.297 e. The number of benzene rings is 1. The molecular formula is C12H13F2N3O. The first-order valence-electron chi connectivity index (χ1n) is 5.46. The van der Waals surface area contributed by atoms with Crippen LogP contribution in [-0.4, -0.2) is 14.8 Å². The van der Waals surface area contributed by atoms with E-state index < -0.39 is 6.43 Å². The molecule has 0 spiro atoms. The standard InChI is InChI=1S/C12H13F2N3O/c1-17-10(15-16-12(17)11(13)14)8-18-7-9-5-3-2-4-6-9/h2-6,11H,7-8H2,1H3. The second-order valence-corrected chi connectivity index (χ2v) is 3.81. The molecule has 2 rings (SSSR count). The lowest BCUT2D eigenvalue weighted by atomic mass is 10.2. The van der Waals surface area contributed by atoms with E-state index in [9.17, 15) is 8.78 Å². The van der Waals surface area contributed by atoms with E-state index in [1.807, 2.05) is 30.3 Å². The zero-order chi connectivity index (χ0) is 13.0. The lowest BCUT2D eigenvalue weighted by Gasteiger charge is -2.05. The van der Waals surface area contributed by atoms with Crippen molar-refractivity contribution in [2.75, 3.05) is 0 Å². The minimum Gasteiger partial charge on any atom is -0.369 e. The van der Waals surface area contributed by atoms with E-state index in [1.54, 1.807) is 0 Å². The highest BCUT2D eigenvalue weighted by Gasteiger charge is 2.17. The molecular weight excluding hydrogens is 240 g/mol. The van der Waals surface area contributed by atoms with Crippen molar-refractivity contribution in [3.05, 3.63) is 47.5 Å². The summed E-state index contributed by atoms with van der Waals surface area (Å²) in [5.74, 6) is 0.0505. The van der Waals surface area contributed by atoms with Gasteiger partial charge in [0.2, 0.25) is 0 Å². The number of nitrogens with zero attached hydrogens (tertiary/aromatic N) is 3. The minimum atomic E-state index is -2.62.